The summed E-state index contributed by atoms with van der Waals surface area (Å²) in [7, 11) is 0. The second kappa shape index (κ2) is 8.44. The van der Waals surface area contributed by atoms with Crippen LogP contribution < -0.4 is 15.6 Å². The molecule has 0 aliphatic carbocycles. The third-order valence-electron chi connectivity index (χ3n) is 3.78. The van der Waals surface area contributed by atoms with Crippen LogP contribution in [0.1, 0.15) is 10.4 Å². The maximum atomic E-state index is 12.6. The number of amides is 5. The molecule has 1 saturated heterocycles. The van der Waals surface area contributed by atoms with E-state index in [9.17, 15) is 19.2 Å². The lowest BCUT2D eigenvalue weighted by Crippen LogP contribution is -2.58. The Morgan fingerprint density at radius 2 is 1.57 bits per heavy atom. The van der Waals surface area contributed by atoms with Gasteiger partial charge in [-0.1, -0.05) is 31.9 Å². The van der Waals surface area contributed by atoms with Crippen LogP contribution >= 0.6 is 31.9 Å². The van der Waals surface area contributed by atoms with E-state index in [-0.39, 0.29) is 0 Å². The SMILES string of the molecule is O=C(N/N=C\[C@@H]1C(=O)NC(=O)N(c2ccc(Br)cc2)C1=O)c1ccc(Br)cc1. The molecule has 0 radical (unpaired) electrons. The Hall–Kier alpha value is -2.85. The van der Waals surface area contributed by atoms with E-state index in [2.05, 4.69) is 47.7 Å². The lowest BCUT2D eigenvalue weighted by atomic mass is 10.1. The van der Waals surface area contributed by atoms with Gasteiger partial charge in [-0.05, 0) is 48.5 Å². The molecular formula is C18H12Br2N4O4. The van der Waals surface area contributed by atoms with E-state index in [1.807, 2.05) is 0 Å². The van der Waals surface area contributed by atoms with E-state index in [4.69, 9.17) is 0 Å². The molecule has 0 aromatic heterocycles. The van der Waals surface area contributed by atoms with Crippen LogP contribution in [-0.4, -0.2) is 30.0 Å². The highest BCUT2D eigenvalue weighted by Crippen LogP contribution is 2.22. The third kappa shape index (κ3) is 4.34. The molecule has 2 N–H and O–H groups in total. The lowest BCUT2D eigenvalue weighted by Gasteiger charge is -2.28. The number of hydrogen-bond acceptors (Lipinski definition) is 5. The van der Waals surface area contributed by atoms with Crippen molar-refractivity contribution in [1.82, 2.24) is 10.7 Å². The summed E-state index contributed by atoms with van der Waals surface area (Å²) in [6, 6.07) is 12.1. The van der Waals surface area contributed by atoms with Gasteiger partial charge in [-0.15, -0.1) is 0 Å². The maximum Gasteiger partial charge on any atom is 0.335 e. The molecule has 0 bridgehead atoms. The minimum Gasteiger partial charge on any atom is -0.276 e. The van der Waals surface area contributed by atoms with Crippen molar-refractivity contribution in [3.05, 3.63) is 63.0 Å². The van der Waals surface area contributed by atoms with Gasteiger partial charge in [0.1, 0.15) is 0 Å². The normalized spacial score (nSPS) is 17.0. The summed E-state index contributed by atoms with van der Waals surface area (Å²) < 4.78 is 1.58. The standard InChI is InChI=1S/C18H12Br2N4O4/c19-11-3-1-10(2-4-11)15(25)23-21-9-14-16(26)22-18(28)24(17(14)27)13-7-5-12(20)6-8-13/h1-9,14H,(H,23,25)(H,22,26,28)/b21-9-/t14-/m1/s1. The zero-order valence-corrected chi connectivity index (χ0v) is 17.2. The monoisotopic (exact) mass is 506 g/mol. The van der Waals surface area contributed by atoms with E-state index in [0.29, 0.717) is 11.3 Å². The highest BCUT2D eigenvalue weighted by molar-refractivity contribution is 9.10. The van der Waals surface area contributed by atoms with Gasteiger partial charge in [0.25, 0.3) is 11.8 Å². The predicted molar refractivity (Wildman–Crippen MR) is 109 cm³/mol. The number of nitrogens with zero attached hydrogens (tertiary/aromatic N) is 2. The molecule has 1 aliphatic rings. The fourth-order valence-corrected chi connectivity index (χ4v) is 2.92. The zero-order valence-electron chi connectivity index (χ0n) is 14.1. The molecule has 1 fully saturated rings. The van der Waals surface area contributed by atoms with Crippen LogP contribution in [0, 0.1) is 5.92 Å². The number of halogens is 2. The number of anilines is 1. The Labute approximate surface area is 176 Å². The maximum absolute atomic E-state index is 12.6. The number of carbonyl (C=O) groups excluding carboxylic acids is 4. The summed E-state index contributed by atoms with van der Waals surface area (Å²) in [5.74, 6) is -3.44. The van der Waals surface area contributed by atoms with E-state index in [1.54, 1.807) is 48.5 Å². The van der Waals surface area contributed by atoms with Gasteiger partial charge in [-0.3, -0.25) is 19.7 Å². The van der Waals surface area contributed by atoms with E-state index in [1.165, 1.54) is 0 Å². The van der Waals surface area contributed by atoms with Crippen LogP contribution in [0.5, 0.6) is 0 Å². The highest BCUT2D eigenvalue weighted by Gasteiger charge is 2.40. The first kappa shape index (κ1) is 19.9. The Bertz CT molecular complexity index is 974. The zero-order chi connectivity index (χ0) is 20.3. The summed E-state index contributed by atoms with van der Waals surface area (Å²) in [4.78, 5) is 49.6. The van der Waals surface area contributed by atoms with Gasteiger partial charge < -0.3 is 0 Å². The van der Waals surface area contributed by atoms with E-state index < -0.39 is 29.7 Å². The van der Waals surface area contributed by atoms with Gasteiger partial charge in [0.15, 0.2) is 5.92 Å². The number of carbonyl (C=O) groups is 4. The minimum atomic E-state index is -1.36. The third-order valence-corrected chi connectivity index (χ3v) is 4.84. The van der Waals surface area contributed by atoms with Crippen molar-refractivity contribution in [2.45, 2.75) is 0 Å². The number of urea groups is 1. The van der Waals surface area contributed by atoms with Gasteiger partial charge in [0, 0.05) is 20.7 Å². The molecule has 10 heteroatoms. The van der Waals surface area contributed by atoms with Crippen LogP contribution in [-0.2, 0) is 9.59 Å². The Kier molecular flexibility index (Phi) is 6.00. The molecule has 5 amide bonds. The molecular weight excluding hydrogens is 496 g/mol. The smallest absolute Gasteiger partial charge is 0.276 e. The molecule has 0 saturated carbocycles. The quantitative estimate of drug-likeness (QED) is 0.377. The summed E-state index contributed by atoms with van der Waals surface area (Å²) in [6.07, 6.45) is 0.993. The van der Waals surface area contributed by atoms with Gasteiger partial charge in [-0.25, -0.2) is 15.1 Å². The predicted octanol–water partition coefficient (Wildman–Crippen LogP) is 2.83. The molecule has 2 aromatic carbocycles. The topological polar surface area (TPSA) is 108 Å². The Morgan fingerprint density at radius 1 is 1.00 bits per heavy atom. The van der Waals surface area contributed by atoms with Crippen LogP contribution in [0.25, 0.3) is 0 Å². The van der Waals surface area contributed by atoms with E-state index >= 15 is 0 Å². The molecule has 2 aromatic rings. The van der Waals surface area contributed by atoms with Crippen molar-refractivity contribution in [2.24, 2.45) is 11.0 Å². The van der Waals surface area contributed by atoms with Crippen LogP contribution in [0.3, 0.4) is 0 Å². The Morgan fingerprint density at radius 3 is 2.18 bits per heavy atom. The number of hydrazone groups is 1. The molecule has 28 heavy (non-hydrogen) atoms. The van der Waals surface area contributed by atoms with Gasteiger partial charge in [-0.2, -0.15) is 5.10 Å². The second-order valence-electron chi connectivity index (χ2n) is 5.65. The molecule has 1 heterocycles. The molecule has 142 valence electrons. The average molecular weight is 508 g/mol. The lowest BCUT2D eigenvalue weighted by molar-refractivity contribution is -0.131. The van der Waals surface area contributed by atoms with E-state index in [0.717, 1.165) is 20.1 Å². The second-order valence-corrected chi connectivity index (χ2v) is 7.48. The molecule has 0 unspecified atom stereocenters. The number of hydrogen-bond donors (Lipinski definition) is 2. The summed E-state index contributed by atoms with van der Waals surface area (Å²) in [6.45, 7) is 0. The van der Waals surface area contributed by atoms with Crippen LogP contribution in [0.2, 0.25) is 0 Å². The van der Waals surface area contributed by atoms with Crippen molar-refractivity contribution >= 4 is 67.5 Å². The molecule has 3 rings (SSSR count). The number of barbiturate groups is 1. The minimum absolute atomic E-state index is 0.301. The summed E-state index contributed by atoms with van der Waals surface area (Å²) in [5, 5.41) is 5.80. The molecule has 8 nitrogen and oxygen atoms in total. The van der Waals surface area contributed by atoms with Crippen molar-refractivity contribution < 1.29 is 19.2 Å². The summed E-state index contributed by atoms with van der Waals surface area (Å²) in [5.41, 5.74) is 2.91. The van der Waals surface area contributed by atoms with Crippen molar-refractivity contribution in [3.8, 4) is 0 Å². The highest BCUT2D eigenvalue weighted by atomic mass is 79.9. The fraction of sp³-hybridized carbons (Fsp3) is 0.0556. The Balaban J connectivity index is 1.74. The first-order chi connectivity index (χ1) is 13.4. The average Bonchev–Trinajstić information content (AvgIpc) is 2.66. The fourth-order valence-electron chi connectivity index (χ4n) is 2.39. The molecule has 1 atom stereocenters. The molecule has 1 aliphatic heterocycles. The number of imide groups is 2. The van der Waals surface area contributed by atoms with Crippen LogP contribution in [0.4, 0.5) is 10.5 Å². The first-order valence-corrected chi connectivity index (χ1v) is 9.49. The molecule has 0 spiro atoms. The summed E-state index contributed by atoms with van der Waals surface area (Å²) >= 11 is 6.54. The van der Waals surface area contributed by atoms with Gasteiger partial charge in [0.05, 0.1) is 5.69 Å². The first-order valence-electron chi connectivity index (χ1n) is 7.90. The van der Waals surface area contributed by atoms with Crippen molar-refractivity contribution in [2.75, 3.05) is 4.90 Å². The number of rotatable bonds is 4. The largest absolute Gasteiger partial charge is 0.335 e. The van der Waals surface area contributed by atoms with Gasteiger partial charge in [0.2, 0.25) is 5.91 Å². The van der Waals surface area contributed by atoms with Crippen molar-refractivity contribution in [3.63, 3.8) is 0 Å². The number of benzene rings is 2. The van der Waals surface area contributed by atoms with Gasteiger partial charge >= 0.3 is 6.03 Å². The number of nitrogens with one attached hydrogen (secondary N) is 2. The van der Waals surface area contributed by atoms with Crippen LogP contribution in [0.15, 0.2) is 62.6 Å². The van der Waals surface area contributed by atoms with Crippen molar-refractivity contribution in [1.29, 1.82) is 0 Å².